The minimum Gasteiger partial charge on any atom is -0.481 e. The van der Waals surface area contributed by atoms with Gasteiger partial charge in [-0.05, 0) is 6.42 Å². The van der Waals surface area contributed by atoms with Crippen molar-refractivity contribution in [2.75, 3.05) is 33.9 Å². The van der Waals surface area contributed by atoms with Gasteiger partial charge in [-0.3, -0.25) is 4.79 Å². The van der Waals surface area contributed by atoms with E-state index < -0.39 is 24.0 Å². The van der Waals surface area contributed by atoms with Crippen molar-refractivity contribution in [2.24, 2.45) is 5.92 Å². The molecule has 0 bridgehead atoms. The molecule has 0 saturated heterocycles. The number of hydrogen-bond acceptors (Lipinski definition) is 4. The number of carbonyl (C=O) groups excluding carboxylic acids is 1. The fraction of sp³-hybridized carbons (Fsp3) is 0.833. The third-order valence-electron chi connectivity index (χ3n) is 2.68. The van der Waals surface area contributed by atoms with Gasteiger partial charge in [0, 0.05) is 20.7 Å². The lowest BCUT2D eigenvalue weighted by Gasteiger charge is -2.22. The molecule has 0 radical (unpaired) electrons. The molecule has 0 aromatic heterocycles. The Hall–Kier alpha value is -1.34. The average molecular weight is 276 g/mol. The zero-order valence-electron chi connectivity index (χ0n) is 11.8. The van der Waals surface area contributed by atoms with E-state index in [0.717, 1.165) is 6.42 Å². The summed E-state index contributed by atoms with van der Waals surface area (Å²) in [5, 5.41) is 21.0. The standard InChI is InChI=1S/C12H24N2O5/c1-4-5-9(11(16)17)6-13-12(18)14(2)7-10(15)8-19-3/h9-10,15H,4-8H2,1-3H3,(H,13,18)(H,16,17). The monoisotopic (exact) mass is 276 g/mol. The number of aliphatic carboxylic acids is 1. The molecule has 112 valence electrons. The Labute approximate surface area is 113 Å². The van der Waals surface area contributed by atoms with Crippen molar-refractivity contribution < 1.29 is 24.5 Å². The summed E-state index contributed by atoms with van der Waals surface area (Å²) < 4.78 is 4.76. The van der Waals surface area contributed by atoms with Crippen LogP contribution in [0.4, 0.5) is 4.79 Å². The van der Waals surface area contributed by atoms with Crippen LogP contribution in [0.25, 0.3) is 0 Å². The van der Waals surface area contributed by atoms with Crippen LogP contribution in [0.2, 0.25) is 0 Å². The number of hydrogen-bond donors (Lipinski definition) is 3. The first-order chi connectivity index (χ1) is 8.92. The molecule has 2 amide bonds. The second-order valence-corrected chi connectivity index (χ2v) is 4.50. The van der Waals surface area contributed by atoms with E-state index in [1.165, 1.54) is 19.1 Å². The highest BCUT2D eigenvalue weighted by Gasteiger charge is 2.19. The van der Waals surface area contributed by atoms with E-state index in [2.05, 4.69) is 5.32 Å². The van der Waals surface area contributed by atoms with Crippen molar-refractivity contribution in [3.63, 3.8) is 0 Å². The number of urea groups is 1. The number of methoxy groups -OCH3 is 1. The Kier molecular flexibility index (Phi) is 8.90. The molecule has 19 heavy (non-hydrogen) atoms. The average Bonchev–Trinajstić information content (AvgIpc) is 2.33. The van der Waals surface area contributed by atoms with E-state index in [-0.39, 0.29) is 19.7 Å². The molecular weight excluding hydrogens is 252 g/mol. The number of aliphatic hydroxyl groups excluding tert-OH is 1. The minimum atomic E-state index is -0.913. The maximum absolute atomic E-state index is 11.7. The van der Waals surface area contributed by atoms with Crippen LogP contribution in [0, 0.1) is 5.92 Å². The van der Waals surface area contributed by atoms with Gasteiger partial charge in [0.05, 0.1) is 25.2 Å². The smallest absolute Gasteiger partial charge is 0.317 e. The molecule has 0 aliphatic carbocycles. The Balaban J connectivity index is 4.10. The van der Waals surface area contributed by atoms with E-state index in [9.17, 15) is 14.7 Å². The minimum absolute atomic E-state index is 0.0900. The first-order valence-electron chi connectivity index (χ1n) is 6.31. The van der Waals surface area contributed by atoms with Crippen molar-refractivity contribution in [3.8, 4) is 0 Å². The quantitative estimate of drug-likeness (QED) is 0.556. The second-order valence-electron chi connectivity index (χ2n) is 4.50. The Morgan fingerprint density at radius 2 is 2.05 bits per heavy atom. The Morgan fingerprint density at radius 3 is 2.53 bits per heavy atom. The normalized spacial score (nSPS) is 13.7. The van der Waals surface area contributed by atoms with Crippen LogP contribution in [0.15, 0.2) is 0 Å². The maximum Gasteiger partial charge on any atom is 0.317 e. The van der Waals surface area contributed by atoms with E-state index in [1.807, 2.05) is 6.92 Å². The van der Waals surface area contributed by atoms with E-state index in [0.29, 0.717) is 6.42 Å². The number of aliphatic hydroxyl groups is 1. The highest BCUT2D eigenvalue weighted by atomic mass is 16.5. The van der Waals surface area contributed by atoms with Gasteiger partial charge >= 0.3 is 12.0 Å². The summed E-state index contributed by atoms with van der Waals surface area (Å²) in [4.78, 5) is 23.9. The van der Waals surface area contributed by atoms with Crippen LogP contribution < -0.4 is 5.32 Å². The molecule has 3 N–H and O–H groups in total. The van der Waals surface area contributed by atoms with E-state index in [4.69, 9.17) is 9.84 Å². The van der Waals surface area contributed by atoms with Crippen LogP contribution >= 0.6 is 0 Å². The van der Waals surface area contributed by atoms with E-state index in [1.54, 1.807) is 0 Å². The van der Waals surface area contributed by atoms with Gasteiger partial charge < -0.3 is 25.2 Å². The van der Waals surface area contributed by atoms with Crippen molar-refractivity contribution in [1.82, 2.24) is 10.2 Å². The van der Waals surface area contributed by atoms with Gasteiger partial charge in [-0.25, -0.2) is 4.79 Å². The van der Waals surface area contributed by atoms with Crippen LogP contribution in [-0.2, 0) is 9.53 Å². The predicted octanol–water partition coefficient (Wildman–Crippen LogP) is 0.136. The number of likely N-dealkylation sites (N-methyl/N-ethyl adjacent to an activating group) is 1. The lowest BCUT2D eigenvalue weighted by atomic mass is 10.0. The summed E-state index contributed by atoms with van der Waals surface area (Å²) in [6, 6.07) is -0.405. The summed E-state index contributed by atoms with van der Waals surface area (Å²) in [7, 11) is 3.00. The summed E-state index contributed by atoms with van der Waals surface area (Å²) >= 11 is 0. The number of ether oxygens (including phenoxy) is 1. The van der Waals surface area contributed by atoms with Gasteiger partial charge in [-0.2, -0.15) is 0 Å². The van der Waals surface area contributed by atoms with Crippen LogP contribution in [0.3, 0.4) is 0 Å². The number of carbonyl (C=O) groups is 2. The van der Waals surface area contributed by atoms with Crippen LogP contribution in [-0.4, -0.2) is 67.1 Å². The van der Waals surface area contributed by atoms with E-state index >= 15 is 0 Å². The van der Waals surface area contributed by atoms with Crippen LogP contribution in [0.1, 0.15) is 19.8 Å². The van der Waals surface area contributed by atoms with Crippen molar-refractivity contribution in [3.05, 3.63) is 0 Å². The Bertz CT molecular complexity index is 285. The van der Waals surface area contributed by atoms with Gasteiger partial charge in [-0.1, -0.05) is 13.3 Å². The highest BCUT2D eigenvalue weighted by Crippen LogP contribution is 2.05. The molecule has 7 nitrogen and oxygen atoms in total. The summed E-state index contributed by atoms with van der Waals surface area (Å²) in [6.45, 7) is 2.26. The van der Waals surface area contributed by atoms with Crippen LogP contribution in [0.5, 0.6) is 0 Å². The molecule has 0 fully saturated rings. The van der Waals surface area contributed by atoms with Crippen molar-refractivity contribution in [2.45, 2.75) is 25.9 Å². The molecule has 0 heterocycles. The second kappa shape index (κ2) is 9.57. The first-order valence-corrected chi connectivity index (χ1v) is 6.31. The number of rotatable bonds is 9. The molecule has 0 spiro atoms. The van der Waals surface area contributed by atoms with Gasteiger partial charge in [0.25, 0.3) is 0 Å². The topological polar surface area (TPSA) is 99.1 Å². The SMILES string of the molecule is CCCC(CNC(=O)N(C)CC(O)COC)C(=O)O. The fourth-order valence-electron chi connectivity index (χ4n) is 1.65. The molecule has 0 aliphatic heterocycles. The lowest BCUT2D eigenvalue weighted by Crippen LogP contribution is -2.44. The zero-order chi connectivity index (χ0) is 14.8. The molecule has 0 saturated carbocycles. The summed E-state index contributed by atoms with van der Waals surface area (Å²) in [5.74, 6) is -1.49. The Morgan fingerprint density at radius 1 is 1.42 bits per heavy atom. The maximum atomic E-state index is 11.7. The van der Waals surface area contributed by atoms with Crippen molar-refractivity contribution >= 4 is 12.0 Å². The lowest BCUT2D eigenvalue weighted by molar-refractivity contribution is -0.141. The summed E-state index contributed by atoms with van der Waals surface area (Å²) in [6.07, 6.45) is 0.507. The number of amides is 2. The first kappa shape index (κ1) is 17.7. The molecular formula is C12H24N2O5. The molecule has 2 atom stereocenters. The molecule has 7 heteroatoms. The third kappa shape index (κ3) is 7.63. The molecule has 2 unspecified atom stereocenters. The van der Waals surface area contributed by atoms with Crippen molar-refractivity contribution in [1.29, 1.82) is 0 Å². The van der Waals surface area contributed by atoms with Gasteiger partial charge in [-0.15, -0.1) is 0 Å². The van der Waals surface area contributed by atoms with Gasteiger partial charge in [0.2, 0.25) is 0 Å². The number of carboxylic acids is 1. The largest absolute Gasteiger partial charge is 0.481 e. The number of nitrogens with one attached hydrogen (secondary N) is 1. The van der Waals surface area contributed by atoms with Gasteiger partial charge in [0.15, 0.2) is 0 Å². The summed E-state index contributed by atoms with van der Waals surface area (Å²) in [5.41, 5.74) is 0. The van der Waals surface area contributed by atoms with Gasteiger partial charge in [0.1, 0.15) is 0 Å². The predicted molar refractivity (Wildman–Crippen MR) is 69.9 cm³/mol. The highest BCUT2D eigenvalue weighted by molar-refractivity contribution is 5.75. The number of carboxylic acid groups (broad SMARTS) is 1. The number of nitrogens with zero attached hydrogens (tertiary/aromatic N) is 1. The molecule has 0 aromatic rings. The fourth-order valence-corrected chi connectivity index (χ4v) is 1.65. The molecule has 0 aliphatic rings. The third-order valence-corrected chi connectivity index (χ3v) is 2.68. The molecule has 0 aromatic carbocycles. The zero-order valence-corrected chi connectivity index (χ0v) is 11.8. The molecule has 0 rings (SSSR count).